The molecule has 0 bridgehead atoms. The molecular formula is C14H24N2S2. The number of thiazole rings is 1. The second-order valence-corrected chi connectivity index (χ2v) is 7.35. The molecule has 102 valence electrons. The van der Waals surface area contributed by atoms with Gasteiger partial charge in [-0.3, -0.25) is 0 Å². The summed E-state index contributed by atoms with van der Waals surface area (Å²) in [6.07, 6.45) is 10.3. The fourth-order valence-corrected chi connectivity index (χ4v) is 4.35. The monoisotopic (exact) mass is 284 g/mol. The van der Waals surface area contributed by atoms with Gasteiger partial charge in [0, 0.05) is 23.2 Å². The van der Waals surface area contributed by atoms with Crippen LogP contribution in [0.25, 0.3) is 0 Å². The number of rotatable bonds is 6. The third-order valence-corrected chi connectivity index (χ3v) is 6.31. The smallest absolute Gasteiger partial charge is 0.0926 e. The van der Waals surface area contributed by atoms with Gasteiger partial charge in [0.25, 0.3) is 0 Å². The van der Waals surface area contributed by atoms with Crippen LogP contribution >= 0.6 is 23.1 Å². The molecule has 1 aliphatic rings. The molecule has 0 unspecified atom stereocenters. The van der Waals surface area contributed by atoms with E-state index in [0.29, 0.717) is 4.75 Å². The van der Waals surface area contributed by atoms with Crippen LogP contribution in [0.2, 0.25) is 0 Å². The topological polar surface area (TPSA) is 24.9 Å². The zero-order valence-electron chi connectivity index (χ0n) is 11.5. The predicted octanol–water partition coefficient (Wildman–Crippen LogP) is 3.86. The summed E-state index contributed by atoms with van der Waals surface area (Å²) in [5, 5.41) is 7.07. The second kappa shape index (κ2) is 6.92. The van der Waals surface area contributed by atoms with Crippen molar-refractivity contribution in [2.75, 3.05) is 12.8 Å². The van der Waals surface area contributed by atoms with E-state index in [0.717, 1.165) is 19.5 Å². The highest BCUT2D eigenvalue weighted by atomic mass is 32.2. The van der Waals surface area contributed by atoms with Crippen LogP contribution in [0.15, 0.2) is 5.38 Å². The molecule has 0 aromatic carbocycles. The summed E-state index contributed by atoms with van der Waals surface area (Å²) in [6, 6.07) is 0. The Hall–Kier alpha value is -0.0600. The lowest BCUT2D eigenvalue weighted by molar-refractivity contribution is 0.379. The van der Waals surface area contributed by atoms with Crippen molar-refractivity contribution in [1.29, 1.82) is 0 Å². The lowest BCUT2D eigenvalue weighted by Crippen LogP contribution is -2.39. The molecule has 0 radical (unpaired) electrons. The van der Waals surface area contributed by atoms with Crippen molar-refractivity contribution < 1.29 is 0 Å². The number of hydrogen-bond acceptors (Lipinski definition) is 4. The lowest BCUT2D eigenvalue weighted by Gasteiger charge is -2.36. The summed E-state index contributed by atoms with van der Waals surface area (Å²) in [5.74, 6) is 0. The molecule has 0 saturated heterocycles. The van der Waals surface area contributed by atoms with Gasteiger partial charge in [0.2, 0.25) is 0 Å². The minimum Gasteiger partial charge on any atom is -0.310 e. The predicted molar refractivity (Wildman–Crippen MR) is 82.5 cm³/mol. The molecule has 1 saturated carbocycles. The molecule has 0 aliphatic heterocycles. The summed E-state index contributed by atoms with van der Waals surface area (Å²) in [5.41, 5.74) is 1.21. The van der Waals surface area contributed by atoms with Gasteiger partial charge < -0.3 is 5.32 Å². The van der Waals surface area contributed by atoms with Crippen molar-refractivity contribution in [3.05, 3.63) is 16.1 Å². The van der Waals surface area contributed by atoms with Crippen LogP contribution in [0.1, 0.15) is 49.7 Å². The molecule has 2 rings (SSSR count). The van der Waals surface area contributed by atoms with E-state index in [4.69, 9.17) is 0 Å². The van der Waals surface area contributed by atoms with Gasteiger partial charge in [-0.15, -0.1) is 11.3 Å². The Kier molecular flexibility index (Phi) is 5.52. The van der Waals surface area contributed by atoms with Gasteiger partial charge in [0.15, 0.2) is 0 Å². The molecule has 2 nitrogen and oxygen atoms in total. The number of thioether (sulfide) groups is 1. The second-order valence-electron chi connectivity index (χ2n) is 5.14. The zero-order chi connectivity index (χ0) is 12.8. The first kappa shape index (κ1) is 14.4. The van der Waals surface area contributed by atoms with Gasteiger partial charge in [-0.05, 0) is 25.5 Å². The number of hydrogen-bond donors (Lipinski definition) is 1. The van der Waals surface area contributed by atoms with Crippen molar-refractivity contribution >= 4 is 23.1 Å². The van der Waals surface area contributed by atoms with E-state index in [2.05, 4.69) is 40.6 Å². The fraction of sp³-hybridized carbons (Fsp3) is 0.786. The molecule has 4 heteroatoms. The molecule has 1 heterocycles. The Bertz CT molecular complexity index is 356. The largest absolute Gasteiger partial charge is 0.310 e. The van der Waals surface area contributed by atoms with Crippen molar-refractivity contribution in [2.45, 2.75) is 56.7 Å². The first-order valence-corrected chi connectivity index (χ1v) is 9.07. The molecular weight excluding hydrogens is 260 g/mol. The third kappa shape index (κ3) is 3.72. The maximum absolute atomic E-state index is 4.61. The third-order valence-electron chi connectivity index (χ3n) is 3.85. The zero-order valence-corrected chi connectivity index (χ0v) is 13.1. The normalized spacial score (nSPS) is 19.0. The maximum atomic E-state index is 4.61. The molecule has 18 heavy (non-hydrogen) atoms. The first-order valence-electron chi connectivity index (χ1n) is 6.97. The van der Waals surface area contributed by atoms with Crippen LogP contribution < -0.4 is 5.32 Å². The Morgan fingerprint density at radius 2 is 2.17 bits per heavy atom. The summed E-state index contributed by atoms with van der Waals surface area (Å²) in [4.78, 5) is 4.61. The van der Waals surface area contributed by atoms with Gasteiger partial charge in [-0.1, -0.05) is 26.2 Å². The Morgan fingerprint density at radius 1 is 1.39 bits per heavy atom. The average Bonchev–Trinajstić information content (AvgIpc) is 2.88. The summed E-state index contributed by atoms with van der Waals surface area (Å²) in [7, 11) is 0. The highest BCUT2D eigenvalue weighted by Gasteiger charge is 2.30. The summed E-state index contributed by atoms with van der Waals surface area (Å²) >= 11 is 3.84. The van der Waals surface area contributed by atoms with Crippen molar-refractivity contribution in [3.63, 3.8) is 0 Å². The van der Waals surface area contributed by atoms with Gasteiger partial charge in [0.1, 0.15) is 0 Å². The van der Waals surface area contributed by atoms with Gasteiger partial charge in [-0.2, -0.15) is 11.8 Å². The average molecular weight is 284 g/mol. The van der Waals surface area contributed by atoms with Crippen molar-refractivity contribution in [2.24, 2.45) is 0 Å². The summed E-state index contributed by atoms with van der Waals surface area (Å²) < 4.78 is 0.488. The Morgan fingerprint density at radius 3 is 2.78 bits per heavy atom. The SMILES string of the molecule is CCc1nc(CNCC2(SC)CCCCC2)cs1. The number of aromatic nitrogens is 1. The molecule has 1 aromatic rings. The molecule has 1 aliphatic carbocycles. The fourth-order valence-electron chi connectivity index (χ4n) is 2.66. The summed E-state index contributed by atoms with van der Waals surface area (Å²) in [6.45, 7) is 4.23. The van der Waals surface area contributed by atoms with Crippen LogP contribution in [-0.4, -0.2) is 22.5 Å². The quantitative estimate of drug-likeness (QED) is 0.858. The van der Waals surface area contributed by atoms with E-state index in [-0.39, 0.29) is 0 Å². The highest BCUT2D eigenvalue weighted by molar-refractivity contribution is 8.00. The lowest BCUT2D eigenvalue weighted by atomic mass is 9.88. The first-order chi connectivity index (χ1) is 8.78. The minimum atomic E-state index is 0.488. The van der Waals surface area contributed by atoms with E-state index in [1.165, 1.54) is 42.8 Å². The van der Waals surface area contributed by atoms with Crippen LogP contribution in [0.5, 0.6) is 0 Å². The minimum absolute atomic E-state index is 0.488. The Balaban J connectivity index is 1.79. The number of nitrogens with one attached hydrogen (secondary N) is 1. The van der Waals surface area contributed by atoms with Crippen molar-refractivity contribution in [1.82, 2.24) is 10.3 Å². The van der Waals surface area contributed by atoms with E-state index in [1.54, 1.807) is 11.3 Å². The van der Waals surface area contributed by atoms with Gasteiger partial charge in [0.05, 0.1) is 10.7 Å². The van der Waals surface area contributed by atoms with E-state index >= 15 is 0 Å². The number of nitrogens with zero attached hydrogens (tertiary/aromatic N) is 1. The van der Waals surface area contributed by atoms with E-state index < -0.39 is 0 Å². The highest BCUT2D eigenvalue weighted by Crippen LogP contribution is 2.37. The molecule has 0 spiro atoms. The molecule has 0 atom stereocenters. The molecule has 1 fully saturated rings. The standard InChI is InChI=1S/C14H24N2S2/c1-3-13-16-12(10-18-13)9-15-11-14(17-2)7-5-4-6-8-14/h10,15H,3-9,11H2,1-2H3. The van der Waals surface area contributed by atoms with Crippen LogP contribution in [0.4, 0.5) is 0 Å². The number of aryl methyl sites for hydroxylation is 1. The Labute approximate surface area is 119 Å². The molecule has 0 amide bonds. The van der Waals surface area contributed by atoms with E-state index in [1.807, 2.05) is 0 Å². The van der Waals surface area contributed by atoms with Crippen molar-refractivity contribution in [3.8, 4) is 0 Å². The maximum Gasteiger partial charge on any atom is 0.0926 e. The van der Waals surface area contributed by atoms with Crippen LogP contribution in [-0.2, 0) is 13.0 Å². The van der Waals surface area contributed by atoms with Gasteiger partial charge >= 0.3 is 0 Å². The van der Waals surface area contributed by atoms with Gasteiger partial charge in [-0.25, -0.2) is 4.98 Å². The van der Waals surface area contributed by atoms with Crippen LogP contribution in [0.3, 0.4) is 0 Å². The van der Waals surface area contributed by atoms with Crippen LogP contribution in [0, 0.1) is 0 Å². The molecule has 1 N–H and O–H groups in total. The molecule has 1 aromatic heterocycles. The van der Waals surface area contributed by atoms with E-state index in [9.17, 15) is 0 Å².